The van der Waals surface area contributed by atoms with E-state index in [0.717, 1.165) is 25.0 Å². The molecule has 0 saturated heterocycles. The third-order valence-electron chi connectivity index (χ3n) is 4.10. The van der Waals surface area contributed by atoms with Crippen molar-refractivity contribution in [1.82, 2.24) is 0 Å². The zero-order chi connectivity index (χ0) is 13.2. The third kappa shape index (κ3) is 2.83. The average molecular weight is 250 g/mol. The van der Waals surface area contributed by atoms with Crippen LogP contribution in [0.15, 0.2) is 23.8 Å². The molecule has 0 spiro atoms. The van der Waals surface area contributed by atoms with E-state index in [4.69, 9.17) is 9.84 Å². The van der Waals surface area contributed by atoms with E-state index in [2.05, 4.69) is 19.1 Å². The summed E-state index contributed by atoms with van der Waals surface area (Å²) < 4.78 is 5.78. The van der Waals surface area contributed by atoms with Crippen LogP contribution in [0.3, 0.4) is 0 Å². The van der Waals surface area contributed by atoms with Gasteiger partial charge < -0.3 is 9.84 Å². The Bertz CT molecular complexity index is 387. The number of carboxylic acid groups (broad SMARTS) is 1. The Morgan fingerprint density at radius 3 is 2.56 bits per heavy atom. The number of carboxylic acids is 1. The Morgan fingerprint density at radius 2 is 2.00 bits per heavy atom. The minimum Gasteiger partial charge on any atom is -0.481 e. The number of ether oxygens (including phenoxy) is 1. The van der Waals surface area contributed by atoms with Gasteiger partial charge >= 0.3 is 5.97 Å². The van der Waals surface area contributed by atoms with Gasteiger partial charge in [0.15, 0.2) is 0 Å². The van der Waals surface area contributed by atoms with Crippen molar-refractivity contribution < 1.29 is 14.6 Å². The number of hydrogen-bond donors (Lipinski definition) is 1. The predicted octanol–water partition coefficient (Wildman–Crippen LogP) is 3.17. The predicted molar refractivity (Wildman–Crippen MR) is 70.4 cm³/mol. The van der Waals surface area contributed by atoms with Gasteiger partial charge in [0, 0.05) is 0 Å². The van der Waals surface area contributed by atoms with Crippen molar-refractivity contribution in [3.63, 3.8) is 0 Å². The molecule has 0 radical (unpaired) electrons. The third-order valence-corrected chi connectivity index (χ3v) is 4.10. The molecule has 1 N–H and O–H groups in total. The molecule has 3 nitrogen and oxygen atoms in total. The van der Waals surface area contributed by atoms with E-state index >= 15 is 0 Å². The Balaban J connectivity index is 1.74. The summed E-state index contributed by atoms with van der Waals surface area (Å²) in [5.74, 6) is -0.708. The van der Waals surface area contributed by atoms with Crippen LogP contribution in [-0.2, 0) is 9.53 Å². The summed E-state index contributed by atoms with van der Waals surface area (Å²) >= 11 is 0. The molecule has 100 valence electrons. The van der Waals surface area contributed by atoms with E-state index in [0.29, 0.717) is 19.4 Å². The molecule has 0 fully saturated rings. The summed E-state index contributed by atoms with van der Waals surface area (Å²) in [4.78, 5) is 11.1. The molecule has 2 aliphatic rings. The van der Waals surface area contributed by atoms with Gasteiger partial charge in [0.05, 0.1) is 18.6 Å². The average Bonchev–Trinajstić information content (AvgIpc) is 2.87. The van der Waals surface area contributed by atoms with Crippen LogP contribution in [-0.4, -0.2) is 24.3 Å². The standard InChI is InChI=1S/C15H22O3/c1-14(6-3-4-7-14)11-18-10-12-5-8-15(2,9-12)13(16)17/h3-5H,6-11H2,1-2H3,(H,16,17). The second-order valence-electron chi connectivity index (χ2n) is 6.29. The maximum Gasteiger partial charge on any atom is 0.309 e. The molecule has 2 aliphatic carbocycles. The molecule has 0 amide bonds. The Hall–Kier alpha value is -1.09. The van der Waals surface area contributed by atoms with Crippen molar-refractivity contribution in [3.8, 4) is 0 Å². The lowest BCUT2D eigenvalue weighted by Gasteiger charge is -2.23. The minimum absolute atomic E-state index is 0.245. The molecular weight excluding hydrogens is 228 g/mol. The quantitative estimate of drug-likeness (QED) is 0.762. The molecular formula is C15H22O3. The van der Waals surface area contributed by atoms with Gasteiger partial charge in [-0.15, -0.1) is 0 Å². The van der Waals surface area contributed by atoms with Gasteiger partial charge in [0.25, 0.3) is 0 Å². The molecule has 1 atom stereocenters. The molecule has 0 heterocycles. The van der Waals surface area contributed by atoms with Crippen LogP contribution in [0.25, 0.3) is 0 Å². The van der Waals surface area contributed by atoms with Crippen molar-refractivity contribution in [3.05, 3.63) is 23.8 Å². The molecule has 0 aromatic carbocycles. The second-order valence-corrected chi connectivity index (χ2v) is 6.29. The van der Waals surface area contributed by atoms with Crippen LogP contribution < -0.4 is 0 Å². The van der Waals surface area contributed by atoms with E-state index in [1.807, 2.05) is 6.08 Å². The fraction of sp³-hybridized carbons (Fsp3) is 0.667. The summed E-state index contributed by atoms with van der Waals surface area (Å²) in [7, 11) is 0. The highest BCUT2D eigenvalue weighted by Crippen LogP contribution is 2.38. The molecule has 0 aromatic rings. The number of hydrogen-bond acceptors (Lipinski definition) is 2. The van der Waals surface area contributed by atoms with Gasteiger partial charge in [-0.1, -0.05) is 25.2 Å². The largest absolute Gasteiger partial charge is 0.481 e. The van der Waals surface area contributed by atoms with E-state index in [-0.39, 0.29) is 5.41 Å². The van der Waals surface area contributed by atoms with Crippen molar-refractivity contribution in [2.75, 3.05) is 13.2 Å². The molecule has 3 heteroatoms. The lowest BCUT2D eigenvalue weighted by atomic mass is 9.87. The van der Waals surface area contributed by atoms with Crippen molar-refractivity contribution >= 4 is 5.97 Å². The van der Waals surface area contributed by atoms with Crippen LogP contribution in [0.2, 0.25) is 0 Å². The molecule has 2 rings (SSSR count). The first-order valence-corrected chi connectivity index (χ1v) is 6.58. The number of allylic oxidation sites excluding steroid dienone is 3. The van der Waals surface area contributed by atoms with Gasteiger partial charge in [-0.05, 0) is 43.6 Å². The summed E-state index contributed by atoms with van der Waals surface area (Å²) in [5.41, 5.74) is 0.765. The fourth-order valence-electron chi connectivity index (χ4n) is 2.65. The zero-order valence-corrected chi connectivity index (χ0v) is 11.2. The summed E-state index contributed by atoms with van der Waals surface area (Å²) in [6, 6.07) is 0. The van der Waals surface area contributed by atoms with Crippen LogP contribution in [0, 0.1) is 10.8 Å². The highest BCUT2D eigenvalue weighted by Gasteiger charge is 2.37. The minimum atomic E-state index is -0.708. The van der Waals surface area contributed by atoms with E-state index < -0.39 is 11.4 Å². The van der Waals surface area contributed by atoms with Crippen molar-refractivity contribution in [2.45, 2.75) is 39.5 Å². The normalized spacial score (nSPS) is 29.6. The van der Waals surface area contributed by atoms with E-state index in [9.17, 15) is 4.79 Å². The molecule has 0 saturated carbocycles. The van der Waals surface area contributed by atoms with Gasteiger partial charge in [-0.2, -0.15) is 0 Å². The number of aliphatic carboxylic acids is 1. The van der Waals surface area contributed by atoms with Gasteiger partial charge in [0.1, 0.15) is 0 Å². The van der Waals surface area contributed by atoms with Crippen LogP contribution in [0.4, 0.5) is 0 Å². The monoisotopic (exact) mass is 250 g/mol. The zero-order valence-electron chi connectivity index (χ0n) is 11.2. The second kappa shape index (κ2) is 4.88. The van der Waals surface area contributed by atoms with Crippen molar-refractivity contribution in [2.24, 2.45) is 10.8 Å². The first kappa shape index (κ1) is 13.3. The molecule has 18 heavy (non-hydrogen) atoms. The maximum absolute atomic E-state index is 11.1. The smallest absolute Gasteiger partial charge is 0.309 e. The first-order valence-electron chi connectivity index (χ1n) is 6.58. The lowest BCUT2D eigenvalue weighted by molar-refractivity contribution is -0.147. The molecule has 0 aliphatic heterocycles. The van der Waals surface area contributed by atoms with Crippen molar-refractivity contribution in [1.29, 1.82) is 0 Å². The lowest BCUT2D eigenvalue weighted by Crippen LogP contribution is -2.25. The van der Waals surface area contributed by atoms with E-state index in [1.54, 1.807) is 6.92 Å². The first-order chi connectivity index (χ1) is 8.44. The number of carbonyl (C=O) groups is 1. The summed E-state index contributed by atoms with van der Waals surface area (Å²) in [6.45, 7) is 5.37. The molecule has 1 unspecified atom stereocenters. The summed E-state index contributed by atoms with van der Waals surface area (Å²) in [5, 5.41) is 9.15. The highest BCUT2D eigenvalue weighted by atomic mass is 16.5. The SMILES string of the molecule is CC1(COCC2=CCC(C)(C(=O)O)C2)CC=CC1. The topological polar surface area (TPSA) is 46.5 Å². The Kier molecular flexibility index (Phi) is 3.62. The Labute approximate surface area is 109 Å². The highest BCUT2D eigenvalue weighted by molar-refractivity contribution is 5.75. The maximum atomic E-state index is 11.1. The van der Waals surface area contributed by atoms with E-state index in [1.165, 1.54) is 0 Å². The van der Waals surface area contributed by atoms with Gasteiger partial charge in [-0.3, -0.25) is 4.79 Å². The van der Waals surface area contributed by atoms with Crippen LogP contribution in [0.1, 0.15) is 39.5 Å². The van der Waals surface area contributed by atoms with Gasteiger partial charge in [0.2, 0.25) is 0 Å². The summed E-state index contributed by atoms with van der Waals surface area (Å²) in [6.07, 6.45) is 9.86. The Morgan fingerprint density at radius 1 is 1.33 bits per heavy atom. The molecule has 0 aromatic heterocycles. The van der Waals surface area contributed by atoms with Crippen LogP contribution in [0.5, 0.6) is 0 Å². The fourth-order valence-corrected chi connectivity index (χ4v) is 2.65. The van der Waals surface area contributed by atoms with Gasteiger partial charge in [-0.25, -0.2) is 0 Å². The molecule has 0 bridgehead atoms. The number of rotatable bonds is 5. The van der Waals surface area contributed by atoms with Crippen LogP contribution >= 0.6 is 0 Å².